The third kappa shape index (κ3) is 3.87. The number of carbonyl (C=O) groups excluding carboxylic acids is 1. The van der Waals surface area contributed by atoms with Crippen molar-refractivity contribution in [1.29, 1.82) is 0 Å². The predicted molar refractivity (Wildman–Crippen MR) is 98.1 cm³/mol. The first kappa shape index (κ1) is 17.2. The first-order valence-corrected chi connectivity index (χ1v) is 9.24. The van der Waals surface area contributed by atoms with Crippen LogP contribution in [0.25, 0.3) is 0 Å². The van der Waals surface area contributed by atoms with Crippen LogP contribution in [-0.4, -0.2) is 58.0 Å². The van der Waals surface area contributed by atoms with Crippen LogP contribution in [0.1, 0.15) is 23.1 Å². The Balaban J connectivity index is 1.51. The number of nitrogens with zero attached hydrogens (tertiary/aromatic N) is 4. The quantitative estimate of drug-likeness (QED) is 0.787. The highest BCUT2D eigenvalue weighted by atomic mass is 79.9. The number of benzene rings is 1. The molecule has 128 valence electrons. The lowest BCUT2D eigenvalue weighted by atomic mass is 10.2. The molecule has 2 aromatic rings. The van der Waals surface area contributed by atoms with E-state index in [1.807, 2.05) is 41.6 Å². The van der Waals surface area contributed by atoms with Gasteiger partial charge < -0.3 is 9.47 Å². The molecule has 0 radical (unpaired) electrons. The van der Waals surface area contributed by atoms with Crippen LogP contribution in [0, 0.1) is 0 Å². The summed E-state index contributed by atoms with van der Waals surface area (Å²) in [6.07, 6.45) is 4.87. The van der Waals surface area contributed by atoms with E-state index in [0.29, 0.717) is 0 Å². The van der Waals surface area contributed by atoms with Crippen LogP contribution < -0.4 is 0 Å². The molecule has 1 aliphatic heterocycles. The molecule has 24 heavy (non-hydrogen) atoms. The van der Waals surface area contributed by atoms with Crippen molar-refractivity contribution < 1.29 is 4.79 Å². The highest BCUT2D eigenvalue weighted by Gasteiger charge is 2.23. The van der Waals surface area contributed by atoms with Gasteiger partial charge in [0.15, 0.2) is 0 Å². The van der Waals surface area contributed by atoms with Crippen molar-refractivity contribution in [3.63, 3.8) is 0 Å². The average Bonchev–Trinajstić information content (AvgIpc) is 3.08. The Hall–Kier alpha value is -1.66. The van der Waals surface area contributed by atoms with E-state index in [1.54, 1.807) is 0 Å². The van der Waals surface area contributed by atoms with Crippen molar-refractivity contribution in [3.05, 3.63) is 52.5 Å². The first-order valence-electron chi connectivity index (χ1n) is 8.45. The van der Waals surface area contributed by atoms with Crippen LogP contribution in [0.5, 0.6) is 0 Å². The van der Waals surface area contributed by atoms with Crippen LogP contribution in [-0.2, 0) is 13.0 Å². The topological polar surface area (TPSA) is 41.4 Å². The summed E-state index contributed by atoms with van der Waals surface area (Å²) in [4.78, 5) is 21.4. The Morgan fingerprint density at radius 3 is 2.62 bits per heavy atom. The Kier molecular flexibility index (Phi) is 5.68. The zero-order valence-electron chi connectivity index (χ0n) is 14.0. The summed E-state index contributed by atoms with van der Waals surface area (Å²) >= 11 is 3.47. The zero-order chi connectivity index (χ0) is 16.9. The van der Waals surface area contributed by atoms with E-state index in [0.717, 1.165) is 61.5 Å². The summed E-state index contributed by atoms with van der Waals surface area (Å²) < 4.78 is 3.09. The van der Waals surface area contributed by atoms with E-state index in [1.165, 1.54) is 0 Å². The number of imidazole rings is 1. The van der Waals surface area contributed by atoms with Crippen molar-refractivity contribution >= 4 is 21.8 Å². The second-order valence-corrected chi connectivity index (χ2v) is 6.86. The Labute approximate surface area is 151 Å². The van der Waals surface area contributed by atoms with Gasteiger partial charge in [-0.25, -0.2) is 4.98 Å². The molecule has 1 saturated heterocycles. The molecule has 1 fully saturated rings. The summed E-state index contributed by atoms with van der Waals surface area (Å²) in [5, 5.41) is 0. The van der Waals surface area contributed by atoms with Gasteiger partial charge >= 0.3 is 0 Å². The second kappa shape index (κ2) is 7.94. The monoisotopic (exact) mass is 390 g/mol. The fraction of sp³-hybridized carbons (Fsp3) is 0.444. The number of rotatable bonds is 5. The normalized spacial score (nSPS) is 15.7. The Bertz CT molecular complexity index is 692. The highest BCUT2D eigenvalue weighted by molar-refractivity contribution is 9.10. The smallest absolute Gasteiger partial charge is 0.255 e. The number of piperazine rings is 1. The lowest BCUT2D eigenvalue weighted by Crippen LogP contribution is -2.49. The fourth-order valence-corrected chi connectivity index (χ4v) is 3.54. The minimum absolute atomic E-state index is 0.116. The molecule has 1 aromatic carbocycles. The summed E-state index contributed by atoms with van der Waals surface area (Å²) in [5.74, 6) is 1.25. The van der Waals surface area contributed by atoms with E-state index >= 15 is 0 Å². The van der Waals surface area contributed by atoms with Crippen LogP contribution in [0.3, 0.4) is 0 Å². The van der Waals surface area contributed by atoms with Gasteiger partial charge in [0.2, 0.25) is 0 Å². The Morgan fingerprint density at radius 1 is 1.17 bits per heavy atom. The van der Waals surface area contributed by atoms with Crippen LogP contribution in [0.4, 0.5) is 0 Å². The molecule has 0 saturated carbocycles. The molecule has 5 nitrogen and oxygen atoms in total. The number of aryl methyl sites for hydroxylation is 1. The molecule has 0 spiro atoms. The Morgan fingerprint density at radius 2 is 1.92 bits per heavy atom. The van der Waals surface area contributed by atoms with Gasteiger partial charge in [-0.15, -0.1) is 0 Å². The maximum Gasteiger partial charge on any atom is 0.255 e. The minimum atomic E-state index is 0.116. The maximum atomic E-state index is 12.6. The number of amides is 1. The summed E-state index contributed by atoms with van der Waals surface area (Å²) in [6, 6.07) is 7.63. The van der Waals surface area contributed by atoms with Crippen LogP contribution in [0.15, 0.2) is 41.1 Å². The molecule has 3 rings (SSSR count). The third-order valence-corrected chi connectivity index (χ3v) is 5.23. The number of hydrogen-bond acceptors (Lipinski definition) is 3. The van der Waals surface area contributed by atoms with Gasteiger partial charge in [0.05, 0.1) is 5.56 Å². The van der Waals surface area contributed by atoms with Gasteiger partial charge in [0.1, 0.15) is 5.82 Å². The van der Waals surface area contributed by atoms with Crippen molar-refractivity contribution in [2.24, 2.45) is 0 Å². The van der Waals surface area contributed by atoms with E-state index in [-0.39, 0.29) is 5.91 Å². The van der Waals surface area contributed by atoms with Gasteiger partial charge in [-0.1, -0.05) is 19.1 Å². The third-order valence-electron chi connectivity index (χ3n) is 4.54. The van der Waals surface area contributed by atoms with Gasteiger partial charge in [0.25, 0.3) is 5.91 Å². The van der Waals surface area contributed by atoms with Gasteiger partial charge in [-0.3, -0.25) is 9.69 Å². The van der Waals surface area contributed by atoms with Crippen LogP contribution in [0.2, 0.25) is 0 Å². The van der Waals surface area contributed by atoms with E-state index < -0.39 is 0 Å². The largest absolute Gasteiger partial charge is 0.336 e. The van der Waals surface area contributed by atoms with Crippen molar-refractivity contribution in [2.75, 3.05) is 32.7 Å². The number of halogens is 1. The summed E-state index contributed by atoms with van der Waals surface area (Å²) in [6.45, 7) is 7.50. The molecule has 0 unspecified atom stereocenters. The number of aromatic nitrogens is 2. The standard InChI is InChI=1S/C18H23BrN4O/c1-2-17-20-7-8-22(17)12-9-21-10-13-23(14-11-21)18(24)15-5-3-4-6-16(15)19/h3-8H,2,9-14H2,1H3. The van der Waals surface area contributed by atoms with Crippen LogP contribution >= 0.6 is 15.9 Å². The second-order valence-electron chi connectivity index (χ2n) is 6.00. The van der Waals surface area contributed by atoms with E-state index in [9.17, 15) is 4.79 Å². The van der Waals surface area contributed by atoms with Gasteiger partial charge in [-0.05, 0) is 28.1 Å². The molecule has 1 aliphatic rings. The van der Waals surface area contributed by atoms with Crippen molar-refractivity contribution in [3.8, 4) is 0 Å². The summed E-state index contributed by atoms with van der Waals surface area (Å²) in [5.41, 5.74) is 0.747. The molecule has 0 bridgehead atoms. The fourth-order valence-electron chi connectivity index (χ4n) is 3.09. The van der Waals surface area contributed by atoms with Crippen molar-refractivity contribution in [1.82, 2.24) is 19.4 Å². The summed E-state index contributed by atoms with van der Waals surface area (Å²) in [7, 11) is 0. The molecule has 0 N–H and O–H groups in total. The first-order chi connectivity index (χ1) is 11.7. The van der Waals surface area contributed by atoms with E-state index in [4.69, 9.17) is 0 Å². The molecular formula is C18H23BrN4O. The average molecular weight is 391 g/mol. The maximum absolute atomic E-state index is 12.6. The molecule has 0 atom stereocenters. The predicted octanol–water partition coefficient (Wildman–Crippen LogP) is 2.67. The number of hydrogen-bond donors (Lipinski definition) is 0. The lowest BCUT2D eigenvalue weighted by Gasteiger charge is -2.35. The van der Waals surface area contributed by atoms with E-state index in [2.05, 4.69) is 37.3 Å². The highest BCUT2D eigenvalue weighted by Crippen LogP contribution is 2.18. The van der Waals surface area contributed by atoms with Gasteiger partial charge in [-0.2, -0.15) is 0 Å². The SMILES string of the molecule is CCc1nccn1CCN1CCN(C(=O)c2ccccc2Br)CC1. The van der Waals surface area contributed by atoms with Crippen molar-refractivity contribution in [2.45, 2.75) is 19.9 Å². The molecule has 1 amide bonds. The molecule has 1 aromatic heterocycles. The molecular weight excluding hydrogens is 368 g/mol. The van der Waals surface area contributed by atoms with Gasteiger partial charge in [0, 0.05) is 62.6 Å². The minimum Gasteiger partial charge on any atom is -0.336 e. The molecule has 0 aliphatic carbocycles. The lowest BCUT2D eigenvalue weighted by molar-refractivity contribution is 0.0632. The number of carbonyl (C=O) groups is 1. The molecule has 2 heterocycles. The zero-order valence-corrected chi connectivity index (χ0v) is 15.6. The molecule has 6 heteroatoms.